The van der Waals surface area contributed by atoms with Crippen molar-refractivity contribution in [2.45, 2.75) is 30.7 Å². The first-order valence-electron chi connectivity index (χ1n) is 9.85. The second kappa shape index (κ2) is 9.16. The van der Waals surface area contributed by atoms with E-state index in [-0.39, 0.29) is 16.4 Å². The molecule has 0 aliphatic carbocycles. The van der Waals surface area contributed by atoms with Crippen molar-refractivity contribution in [3.63, 3.8) is 0 Å². The lowest BCUT2D eigenvalue weighted by atomic mass is 9.94. The summed E-state index contributed by atoms with van der Waals surface area (Å²) in [5.41, 5.74) is 0.745. The Morgan fingerprint density at radius 3 is 2.43 bits per heavy atom. The molecule has 2 aromatic rings. The van der Waals surface area contributed by atoms with Gasteiger partial charge in [-0.1, -0.05) is 30.3 Å². The quantitative estimate of drug-likeness (QED) is 0.727. The lowest BCUT2D eigenvalue weighted by Gasteiger charge is -2.28. The number of carbonyl (C=O) groups excluding carboxylic acids is 1. The third kappa shape index (κ3) is 5.19. The maximum Gasteiger partial charge on any atom is 0.255 e. The molecule has 0 saturated carbocycles. The van der Waals surface area contributed by atoms with Crippen molar-refractivity contribution < 1.29 is 22.7 Å². The average Bonchev–Trinajstić information content (AvgIpc) is 2.73. The Morgan fingerprint density at radius 2 is 1.80 bits per heavy atom. The van der Waals surface area contributed by atoms with Crippen LogP contribution >= 0.6 is 0 Å². The number of ether oxygens (including phenoxy) is 2. The number of methoxy groups -OCH3 is 1. The molecule has 0 radical (unpaired) electrons. The molecule has 2 aromatic carbocycles. The van der Waals surface area contributed by atoms with Gasteiger partial charge in [0, 0.05) is 18.6 Å². The van der Waals surface area contributed by atoms with Gasteiger partial charge < -0.3 is 14.8 Å². The van der Waals surface area contributed by atoms with Crippen LogP contribution in [-0.4, -0.2) is 57.6 Å². The highest BCUT2D eigenvalue weighted by atomic mass is 32.2. The predicted octanol–water partition coefficient (Wildman–Crippen LogP) is 2.47. The summed E-state index contributed by atoms with van der Waals surface area (Å²) < 4.78 is 37.9. The van der Waals surface area contributed by atoms with Crippen molar-refractivity contribution in [3.8, 4) is 5.75 Å². The number of rotatable bonds is 7. The van der Waals surface area contributed by atoms with E-state index in [1.165, 1.54) is 29.6 Å². The minimum Gasteiger partial charge on any atom is -0.496 e. The van der Waals surface area contributed by atoms with Crippen molar-refractivity contribution in [1.82, 2.24) is 9.62 Å². The van der Waals surface area contributed by atoms with Crippen LogP contribution in [-0.2, 0) is 21.2 Å². The van der Waals surface area contributed by atoms with Crippen LogP contribution in [0.5, 0.6) is 5.75 Å². The van der Waals surface area contributed by atoms with E-state index in [4.69, 9.17) is 9.47 Å². The zero-order valence-corrected chi connectivity index (χ0v) is 18.4. The Morgan fingerprint density at radius 1 is 1.13 bits per heavy atom. The third-order valence-corrected chi connectivity index (χ3v) is 6.86. The van der Waals surface area contributed by atoms with E-state index in [0.29, 0.717) is 38.5 Å². The molecule has 8 heteroatoms. The van der Waals surface area contributed by atoms with Crippen LogP contribution < -0.4 is 10.1 Å². The topological polar surface area (TPSA) is 84.9 Å². The molecule has 1 amide bonds. The van der Waals surface area contributed by atoms with E-state index < -0.39 is 15.6 Å². The van der Waals surface area contributed by atoms with Crippen molar-refractivity contribution >= 4 is 15.9 Å². The summed E-state index contributed by atoms with van der Waals surface area (Å²) in [6.07, 6.45) is 0.633. The molecule has 1 aliphatic rings. The van der Waals surface area contributed by atoms with Crippen molar-refractivity contribution in [2.24, 2.45) is 0 Å². The number of benzene rings is 2. The van der Waals surface area contributed by atoms with Crippen LogP contribution in [0.15, 0.2) is 53.4 Å². The molecule has 1 aliphatic heterocycles. The molecular weight excluding hydrogens is 404 g/mol. The monoisotopic (exact) mass is 432 g/mol. The molecule has 162 valence electrons. The maximum atomic E-state index is 13.1. The number of amides is 1. The van der Waals surface area contributed by atoms with Gasteiger partial charge in [-0.3, -0.25) is 4.79 Å². The summed E-state index contributed by atoms with van der Waals surface area (Å²) in [5.74, 6) is -0.0595. The highest BCUT2D eigenvalue weighted by molar-refractivity contribution is 7.89. The maximum absolute atomic E-state index is 13.1. The number of hydrogen-bond donors (Lipinski definition) is 1. The highest BCUT2D eigenvalue weighted by Crippen LogP contribution is 2.26. The van der Waals surface area contributed by atoms with Gasteiger partial charge in [-0.15, -0.1) is 0 Å². The van der Waals surface area contributed by atoms with Crippen molar-refractivity contribution in [3.05, 3.63) is 59.7 Å². The Balaban J connectivity index is 1.85. The first kappa shape index (κ1) is 22.3. The van der Waals surface area contributed by atoms with Gasteiger partial charge in [0.1, 0.15) is 5.75 Å². The molecule has 0 atom stereocenters. The van der Waals surface area contributed by atoms with E-state index in [0.717, 1.165) is 5.56 Å². The van der Waals surface area contributed by atoms with Gasteiger partial charge in [0.2, 0.25) is 10.0 Å². The normalized spacial score (nSPS) is 15.6. The van der Waals surface area contributed by atoms with E-state index in [1.807, 2.05) is 44.2 Å². The van der Waals surface area contributed by atoms with Gasteiger partial charge in [0.15, 0.2) is 0 Å². The lowest BCUT2D eigenvalue weighted by molar-refractivity contribution is 0.0730. The molecule has 0 unspecified atom stereocenters. The third-order valence-electron chi connectivity index (χ3n) is 4.96. The van der Waals surface area contributed by atoms with E-state index in [1.54, 1.807) is 0 Å². The minimum atomic E-state index is -3.72. The Hall–Kier alpha value is -2.42. The summed E-state index contributed by atoms with van der Waals surface area (Å²) in [4.78, 5) is 13.1. The number of carbonyl (C=O) groups is 1. The fourth-order valence-electron chi connectivity index (χ4n) is 3.49. The number of sulfonamides is 1. The average molecular weight is 433 g/mol. The molecule has 0 aromatic heterocycles. The SMILES string of the molecule is COc1ccc(S(=O)(=O)N2CCOCC2)cc1C(=O)NC(C)(C)Cc1ccccc1. The summed E-state index contributed by atoms with van der Waals surface area (Å²) in [6.45, 7) is 5.16. The molecule has 0 spiro atoms. The van der Waals surface area contributed by atoms with Crippen LogP contribution in [0, 0.1) is 0 Å². The van der Waals surface area contributed by atoms with Gasteiger partial charge in [-0.05, 0) is 44.0 Å². The molecule has 1 N–H and O–H groups in total. The number of nitrogens with one attached hydrogen (secondary N) is 1. The Bertz CT molecular complexity index is 984. The number of hydrogen-bond acceptors (Lipinski definition) is 5. The molecule has 1 fully saturated rings. The smallest absolute Gasteiger partial charge is 0.255 e. The first-order chi connectivity index (χ1) is 14.2. The van der Waals surface area contributed by atoms with Gasteiger partial charge in [-0.25, -0.2) is 8.42 Å². The lowest BCUT2D eigenvalue weighted by Crippen LogP contribution is -2.45. The van der Waals surface area contributed by atoms with Crippen LogP contribution in [0.25, 0.3) is 0 Å². The fraction of sp³-hybridized carbons (Fsp3) is 0.409. The first-order valence-corrected chi connectivity index (χ1v) is 11.3. The highest BCUT2D eigenvalue weighted by Gasteiger charge is 2.29. The van der Waals surface area contributed by atoms with E-state index in [2.05, 4.69) is 5.32 Å². The zero-order chi connectivity index (χ0) is 21.8. The summed E-state index contributed by atoms with van der Waals surface area (Å²) in [7, 11) is -2.26. The van der Waals surface area contributed by atoms with E-state index >= 15 is 0 Å². The molecule has 30 heavy (non-hydrogen) atoms. The van der Waals surface area contributed by atoms with Gasteiger partial charge in [0.05, 0.1) is 30.8 Å². The van der Waals surface area contributed by atoms with Gasteiger partial charge in [0.25, 0.3) is 5.91 Å². The molecule has 0 bridgehead atoms. The largest absolute Gasteiger partial charge is 0.496 e. The second-order valence-electron chi connectivity index (χ2n) is 7.88. The second-order valence-corrected chi connectivity index (χ2v) is 9.82. The Kier molecular flexibility index (Phi) is 6.80. The van der Waals surface area contributed by atoms with Crippen LogP contribution in [0.3, 0.4) is 0 Å². The van der Waals surface area contributed by atoms with Crippen molar-refractivity contribution in [1.29, 1.82) is 0 Å². The van der Waals surface area contributed by atoms with Crippen LogP contribution in [0.4, 0.5) is 0 Å². The standard InChI is InChI=1S/C22H28N2O5S/c1-22(2,16-17-7-5-4-6-8-17)23-21(25)19-15-18(9-10-20(19)28-3)30(26,27)24-11-13-29-14-12-24/h4-10,15H,11-14,16H2,1-3H3,(H,23,25). The summed E-state index contributed by atoms with van der Waals surface area (Å²) >= 11 is 0. The van der Waals surface area contributed by atoms with Crippen molar-refractivity contribution in [2.75, 3.05) is 33.4 Å². The molecule has 3 rings (SSSR count). The van der Waals surface area contributed by atoms with Crippen LogP contribution in [0.2, 0.25) is 0 Å². The molecular formula is C22H28N2O5S. The van der Waals surface area contributed by atoms with Gasteiger partial charge in [-0.2, -0.15) is 4.31 Å². The van der Waals surface area contributed by atoms with E-state index in [9.17, 15) is 13.2 Å². The molecule has 1 saturated heterocycles. The number of morpholine rings is 1. The Labute approximate surface area is 178 Å². The summed E-state index contributed by atoms with van der Waals surface area (Å²) in [6, 6.07) is 14.2. The van der Waals surface area contributed by atoms with Crippen LogP contribution in [0.1, 0.15) is 29.8 Å². The molecule has 7 nitrogen and oxygen atoms in total. The predicted molar refractivity (Wildman–Crippen MR) is 114 cm³/mol. The minimum absolute atomic E-state index is 0.0659. The fourth-order valence-corrected chi connectivity index (χ4v) is 4.92. The summed E-state index contributed by atoms with van der Waals surface area (Å²) in [5, 5.41) is 3.01. The number of nitrogens with zero attached hydrogens (tertiary/aromatic N) is 1. The van der Waals surface area contributed by atoms with Gasteiger partial charge >= 0.3 is 0 Å². The molecule has 1 heterocycles. The zero-order valence-electron chi connectivity index (χ0n) is 17.6.